The molecule has 1 atom stereocenters. The monoisotopic (exact) mass is 304 g/mol. The molecule has 0 saturated carbocycles. The Morgan fingerprint density at radius 1 is 1.14 bits per heavy atom. The third kappa shape index (κ3) is 4.23. The first-order valence-corrected chi connectivity index (χ1v) is 8.65. The molecule has 3 N–H and O–H groups in total. The Balaban J connectivity index is 2.09. The highest BCUT2D eigenvalue weighted by molar-refractivity contribution is 7.90. The van der Waals surface area contributed by atoms with Gasteiger partial charge in [-0.1, -0.05) is 30.3 Å². The Morgan fingerprint density at radius 2 is 1.81 bits per heavy atom. The topological polar surface area (TPSA) is 72.2 Å². The number of benzene rings is 2. The first-order chi connectivity index (χ1) is 9.86. The summed E-state index contributed by atoms with van der Waals surface area (Å²) in [6, 6.07) is 15.1. The molecule has 0 heterocycles. The molecule has 4 nitrogen and oxygen atoms in total. The van der Waals surface area contributed by atoms with Gasteiger partial charge in [0, 0.05) is 12.3 Å². The average Bonchev–Trinajstić information content (AvgIpc) is 2.41. The summed E-state index contributed by atoms with van der Waals surface area (Å²) in [4.78, 5) is 0.237. The average molecular weight is 304 g/mol. The van der Waals surface area contributed by atoms with Crippen molar-refractivity contribution < 1.29 is 8.42 Å². The number of hydrogen-bond acceptors (Lipinski definition) is 4. The molecule has 0 aliphatic heterocycles. The Bertz CT molecular complexity index is 712. The van der Waals surface area contributed by atoms with Gasteiger partial charge in [0.15, 0.2) is 9.84 Å². The van der Waals surface area contributed by atoms with E-state index in [4.69, 9.17) is 5.73 Å². The van der Waals surface area contributed by atoms with Gasteiger partial charge in [-0.05, 0) is 37.1 Å². The second-order valence-electron chi connectivity index (χ2n) is 5.26. The van der Waals surface area contributed by atoms with Gasteiger partial charge in [0.25, 0.3) is 0 Å². The Morgan fingerprint density at radius 3 is 2.38 bits per heavy atom. The van der Waals surface area contributed by atoms with Gasteiger partial charge >= 0.3 is 0 Å². The van der Waals surface area contributed by atoms with E-state index in [-0.39, 0.29) is 10.9 Å². The van der Waals surface area contributed by atoms with Crippen molar-refractivity contribution in [3.63, 3.8) is 0 Å². The van der Waals surface area contributed by atoms with Crippen LogP contribution in [0.15, 0.2) is 53.4 Å². The number of nitrogen functional groups attached to an aromatic ring is 1. The maximum absolute atomic E-state index is 11.5. The van der Waals surface area contributed by atoms with E-state index in [1.807, 2.05) is 18.2 Å². The molecule has 0 radical (unpaired) electrons. The number of sulfone groups is 1. The minimum atomic E-state index is -3.23. The smallest absolute Gasteiger partial charge is 0.175 e. The molecule has 0 saturated heterocycles. The molecule has 2 rings (SSSR count). The van der Waals surface area contributed by atoms with Crippen LogP contribution in [0.4, 0.5) is 11.4 Å². The van der Waals surface area contributed by atoms with Crippen LogP contribution in [-0.2, 0) is 16.3 Å². The molecule has 5 heteroatoms. The number of rotatable bonds is 5. The van der Waals surface area contributed by atoms with Crippen LogP contribution in [0.3, 0.4) is 0 Å². The number of anilines is 2. The minimum Gasteiger partial charge on any atom is -0.397 e. The van der Waals surface area contributed by atoms with Gasteiger partial charge in [-0.3, -0.25) is 0 Å². The molecule has 0 spiro atoms. The molecule has 2 aromatic carbocycles. The second kappa shape index (κ2) is 6.18. The van der Waals surface area contributed by atoms with E-state index < -0.39 is 9.84 Å². The van der Waals surface area contributed by atoms with Crippen molar-refractivity contribution >= 4 is 21.2 Å². The summed E-state index contributed by atoms with van der Waals surface area (Å²) in [5.74, 6) is 0. The molecule has 0 aliphatic rings. The summed E-state index contributed by atoms with van der Waals surface area (Å²) >= 11 is 0. The van der Waals surface area contributed by atoms with Crippen molar-refractivity contribution in [2.75, 3.05) is 17.3 Å². The summed E-state index contributed by atoms with van der Waals surface area (Å²) < 4.78 is 23.0. The standard InChI is InChI=1S/C16H20N2O2S/c1-12(10-13-6-4-3-5-7-13)18-16-9-8-14(11-15(16)17)21(2,19)20/h3-9,11-12,18H,10,17H2,1-2H3. The highest BCUT2D eigenvalue weighted by Gasteiger charge is 2.11. The summed E-state index contributed by atoms with van der Waals surface area (Å²) in [6.45, 7) is 2.07. The zero-order chi connectivity index (χ0) is 15.5. The van der Waals surface area contributed by atoms with E-state index in [2.05, 4.69) is 24.4 Å². The summed E-state index contributed by atoms with van der Waals surface area (Å²) in [5, 5.41) is 3.32. The van der Waals surface area contributed by atoms with Crippen LogP contribution in [0.5, 0.6) is 0 Å². The molecule has 0 fully saturated rings. The van der Waals surface area contributed by atoms with Gasteiger partial charge in [-0.15, -0.1) is 0 Å². The normalized spacial score (nSPS) is 12.9. The summed E-state index contributed by atoms with van der Waals surface area (Å²) in [5.41, 5.74) is 8.37. The van der Waals surface area contributed by atoms with Gasteiger partial charge < -0.3 is 11.1 Å². The van der Waals surface area contributed by atoms with E-state index in [1.54, 1.807) is 12.1 Å². The SMILES string of the molecule is CC(Cc1ccccc1)Nc1ccc(S(C)(=O)=O)cc1N. The van der Waals surface area contributed by atoms with Crippen LogP contribution in [-0.4, -0.2) is 20.7 Å². The van der Waals surface area contributed by atoms with Crippen LogP contribution >= 0.6 is 0 Å². The predicted octanol–water partition coefficient (Wildman–Crippen LogP) is 2.72. The lowest BCUT2D eigenvalue weighted by molar-refractivity contribution is 0.602. The van der Waals surface area contributed by atoms with Gasteiger partial charge in [-0.25, -0.2) is 8.42 Å². The molecule has 0 amide bonds. The van der Waals surface area contributed by atoms with Crippen LogP contribution in [0, 0.1) is 0 Å². The van der Waals surface area contributed by atoms with Crippen molar-refractivity contribution in [2.45, 2.75) is 24.3 Å². The highest BCUT2D eigenvalue weighted by Crippen LogP contribution is 2.23. The molecule has 2 aromatic rings. The number of nitrogens with one attached hydrogen (secondary N) is 1. The first-order valence-electron chi connectivity index (χ1n) is 6.76. The quantitative estimate of drug-likeness (QED) is 0.833. The van der Waals surface area contributed by atoms with Crippen LogP contribution < -0.4 is 11.1 Å². The van der Waals surface area contributed by atoms with E-state index in [1.165, 1.54) is 17.9 Å². The van der Waals surface area contributed by atoms with Crippen LogP contribution in [0.2, 0.25) is 0 Å². The Kier molecular flexibility index (Phi) is 4.53. The van der Waals surface area contributed by atoms with Gasteiger partial charge in [-0.2, -0.15) is 0 Å². The maximum atomic E-state index is 11.5. The van der Waals surface area contributed by atoms with Crippen molar-refractivity contribution in [1.29, 1.82) is 0 Å². The van der Waals surface area contributed by atoms with Crippen molar-refractivity contribution in [3.05, 3.63) is 54.1 Å². The van der Waals surface area contributed by atoms with E-state index in [9.17, 15) is 8.42 Å². The third-order valence-corrected chi connectivity index (χ3v) is 4.35. The molecule has 0 aromatic heterocycles. The fraction of sp³-hybridized carbons (Fsp3) is 0.250. The van der Waals surface area contributed by atoms with Crippen molar-refractivity contribution in [1.82, 2.24) is 0 Å². The van der Waals surface area contributed by atoms with Crippen LogP contribution in [0.1, 0.15) is 12.5 Å². The molecule has 1 unspecified atom stereocenters. The van der Waals surface area contributed by atoms with Gasteiger partial charge in [0.1, 0.15) is 0 Å². The minimum absolute atomic E-state index is 0.193. The third-order valence-electron chi connectivity index (χ3n) is 3.24. The maximum Gasteiger partial charge on any atom is 0.175 e. The largest absolute Gasteiger partial charge is 0.397 e. The lowest BCUT2D eigenvalue weighted by Gasteiger charge is -2.17. The van der Waals surface area contributed by atoms with Crippen molar-refractivity contribution in [2.24, 2.45) is 0 Å². The van der Waals surface area contributed by atoms with Crippen LogP contribution in [0.25, 0.3) is 0 Å². The zero-order valence-electron chi connectivity index (χ0n) is 12.2. The number of hydrogen-bond donors (Lipinski definition) is 2. The van der Waals surface area contributed by atoms with E-state index >= 15 is 0 Å². The first kappa shape index (κ1) is 15.4. The Hall–Kier alpha value is -2.01. The molecular weight excluding hydrogens is 284 g/mol. The zero-order valence-corrected chi connectivity index (χ0v) is 13.0. The lowest BCUT2D eigenvalue weighted by atomic mass is 10.1. The van der Waals surface area contributed by atoms with Crippen molar-refractivity contribution in [3.8, 4) is 0 Å². The molecule has 21 heavy (non-hydrogen) atoms. The summed E-state index contributed by atoms with van der Waals surface area (Å²) in [7, 11) is -3.23. The molecule has 0 bridgehead atoms. The predicted molar refractivity (Wildman–Crippen MR) is 87.2 cm³/mol. The lowest BCUT2D eigenvalue weighted by Crippen LogP contribution is -2.19. The van der Waals surface area contributed by atoms with Gasteiger partial charge in [0.2, 0.25) is 0 Å². The summed E-state index contributed by atoms with van der Waals surface area (Å²) in [6.07, 6.45) is 2.04. The molecule has 0 aliphatic carbocycles. The van der Waals surface area contributed by atoms with E-state index in [0.717, 1.165) is 12.1 Å². The number of nitrogens with two attached hydrogens (primary N) is 1. The molecule has 112 valence electrons. The fourth-order valence-electron chi connectivity index (χ4n) is 2.19. The van der Waals surface area contributed by atoms with Gasteiger partial charge in [0.05, 0.1) is 16.3 Å². The Labute approximate surface area is 125 Å². The van der Waals surface area contributed by atoms with E-state index in [0.29, 0.717) is 5.69 Å². The molecular formula is C16H20N2O2S. The fourth-order valence-corrected chi connectivity index (χ4v) is 2.84. The highest BCUT2D eigenvalue weighted by atomic mass is 32.2. The second-order valence-corrected chi connectivity index (χ2v) is 7.27.